The van der Waals surface area contributed by atoms with Crippen molar-refractivity contribution >= 4 is 29.3 Å². The quantitative estimate of drug-likeness (QED) is 0.786. The molecule has 27 heavy (non-hydrogen) atoms. The number of hydrogen-bond acceptors (Lipinski definition) is 6. The van der Waals surface area contributed by atoms with Gasteiger partial charge in [-0.1, -0.05) is 12.1 Å². The van der Waals surface area contributed by atoms with Crippen LogP contribution in [0.25, 0.3) is 0 Å². The van der Waals surface area contributed by atoms with Gasteiger partial charge < -0.3 is 5.32 Å². The predicted octanol–water partition coefficient (Wildman–Crippen LogP) is 1.09. The topological polar surface area (TPSA) is 108 Å². The van der Waals surface area contributed by atoms with Crippen molar-refractivity contribution in [3.05, 3.63) is 59.4 Å². The van der Waals surface area contributed by atoms with Crippen molar-refractivity contribution in [2.24, 2.45) is 0 Å². The van der Waals surface area contributed by atoms with Crippen molar-refractivity contribution in [2.45, 2.75) is 25.4 Å². The molecular weight excluding hydrogens is 348 g/mol. The van der Waals surface area contributed by atoms with E-state index < -0.39 is 29.7 Å². The molecule has 2 aliphatic rings. The van der Waals surface area contributed by atoms with Gasteiger partial charge in [0.1, 0.15) is 6.04 Å². The highest BCUT2D eigenvalue weighted by Gasteiger charge is 2.45. The average Bonchev–Trinajstić information content (AvgIpc) is 2.92. The number of nitrogens with one attached hydrogen (secondary N) is 2. The van der Waals surface area contributed by atoms with Crippen molar-refractivity contribution in [1.82, 2.24) is 15.2 Å². The Labute approximate surface area is 156 Å². The summed E-state index contributed by atoms with van der Waals surface area (Å²) < 4.78 is 7.64. The van der Waals surface area contributed by atoms with E-state index in [-0.39, 0.29) is 30.5 Å². The van der Waals surface area contributed by atoms with Gasteiger partial charge in [0, 0.05) is 18.3 Å². The summed E-state index contributed by atoms with van der Waals surface area (Å²) in [5.41, 5.74) is 1.47. The second-order valence-corrected chi connectivity index (χ2v) is 6.28. The van der Waals surface area contributed by atoms with Crippen LogP contribution in [0.15, 0.2) is 42.6 Å². The first-order valence-corrected chi connectivity index (χ1v) is 8.45. The molecule has 4 amide bonds. The number of amides is 4. The second kappa shape index (κ2) is 6.64. The molecule has 0 radical (unpaired) electrons. The number of carbonyl (C=O) groups excluding carboxylic acids is 4. The third-order valence-corrected chi connectivity index (χ3v) is 4.59. The summed E-state index contributed by atoms with van der Waals surface area (Å²) in [6.07, 6.45) is 1.71. The fourth-order valence-corrected chi connectivity index (χ4v) is 3.30. The summed E-state index contributed by atoms with van der Waals surface area (Å²) in [4.78, 5) is 54.3. The fourth-order valence-electron chi connectivity index (χ4n) is 3.30. The fraction of sp³-hybridized carbons (Fsp3) is 0.211. The second-order valence-electron chi connectivity index (χ2n) is 6.28. The minimum Gasteiger partial charge on any atom is -0.379 e. The maximum atomic E-state index is 13.0. The van der Waals surface area contributed by atoms with Crippen LogP contribution in [0.5, 0.6) is 0 Å². The van der Waals surface area contributed by atoms with E-state index in [4.69, 9.17) is 1.37 Å². The summed E-state index contributed by atoms with van der Waals surface area (Å²) in [6, 6.07) is 7.33. The van der Waals surface area contributed by atoms with Gasteiger partial charge in [0.05, 0.1) is 24.7 Å². The van der Waals surface area contributed by atoms with E-state index in [0.29, 0.717) is 17.4 Å². The molecule has 3 heterocycles. The van der Waals surface area contributed by atoms with Crippen molar-refractivity contribution < 1.29 is 20.5 Å². The van der Waals surface area contributed by atoms with Gasteiger partial charge in [-0.05, 0) is 30.7 Å². The number of imide groups is 2. The minimum atomic E-state index is -1.00. The van der Waals surface area contributed by atoms with Crippen LogP contribution in [0.2, 0.25) is 0 Å². The molecule has 0 bridgehead atoms. The standard InChI is InChI=1S/C19H16N4O4/c24-15-8-7-14(17(25)22-15)23-18(26)12-5-3-6-13(16(12)19(23)27)21-10-11-4-1-2-9-20-11/h1-6,9,14,21H,7-8,10H2,(H,22,24,25)/i1D. The van der Waals surface area contributed by atoms with E-state index in [0.717, 1.165) is 4.90 Å². The van der Waals surface area contributed by atoms with Crippen LogP contribution in [-0.4, -0.2) is 39.6 Å². The molecule has 4 rings (SSSR count). The van der Waals surface area contributed by atoms with Crippen LogP contribution in [-0.2, 0) is 16.1 Å². The lowest BCUT2D eigenvalue weighted by Crippen LogP contribution is -2.54. The van der Waals surface area contributed by atoms with E-state index in [2.05, 4.69) is 15.6 Å². The highest BCUT2D eigenvalue weighted by molar-refractivity contribution is 6.25. The number of nitrogens with zero attached hydrogens (tertiary/aromatic N) is 2. The number of pyridine rings is 1. The molecule has 0 spiro atoms. The van der Waals surface area contributed by atoms with Crippen LogP contribution < -0.4 is 10.6 Å². The number of fused-ring (bicyclic) bond motifs is 1. The van der Waals surface area contributed by atoms with Gasteiger partial charge in [-0.15, -0.1) is 0 Å². The number of carbonyl (C=O) groups is 4. The lowest BCUT2D eigenvalue weighted by atomic mass is 10.0. The highest BCUT2D eigenvalue weighted by Crippen LogP contribution is 2.32. The molecule has 1 atom stereocenters. The first kappa shape index (κ1) is 15.7. The zero-order chi connectivity index (χ0) is 19.8. The first-order valence-electron chi connectivity index (χ1n) is 8.95. The summed E-state index contributed by atoms with van der Waals surface area (Å²) in [6.45, 7) is 0.267. The summed E-state index contributed by atoms with van der Waals surface area (Å²) in [5, 5.41) is 5.26. The number of aromatic nitrogens is 1. The van der Waals surface area contributed by atoms with Crippen LogP contribution in [0.1, 0.15) is 40.6 Å². The Morgan fingerprint density at radius 3 is 2.81 bits per heavy atom. The molecule has 2 aromatic rings. The zero-order valence-corrected chi connectivity index (χ0v) is 14.2. The van der Waals surface area contributed by atoms with Crippen molar-refractivity contribution in [3.8, 4) is 0 Å². The largest absolute Gasteiger partial charge is 0.379 e. The highest BCUT2D eigenvalue weighted by atomic mass is 16.2. The maximum absolute atomic E-state index is 13.0. The average molecular weight is 365 g/mol. The lowest BCUT2D eigenvalue weighted by molar-refractivity contribution is -0.136. The summed E-state index contributed by atoms with van der Waals surface area (Å²) in [5.74, 6) is -2.18. The van der Waals surface area contributed by atoms with Gasteiger partial charge in [-0.3, -0.25) is 34.4 Å². The van der Waals surface area contributed by atoms with Crippen molar-refractivity contribution in [3.63, 3.8) is 0 Å². The summed E-state index contributed by atoms with van der Waals surface area (Å²) >= 11 is 0. The molecule has 2 aliphatic heterocycles. The van der Waals surface area contributed by atoms with Crippen LogP contribution in [0, 0.1) is 0 Å². The molecule has 2 N–H and O–H groups in total. The molecular formula is C19H16N4O4. The van der Waals surface area contributed by atoms with Crippen molar-refractivity contribution in [2.75, 3.05) is 5.32 Å². The van der Waals surface area contributed by atoms with Gasteiger partial charge in [0.25, 0.3) is 11.8 Å². The Bertz CT molecular complexity index is 1020. The normalized spacial score (nSPS) is 19.6. The Morgan fingerprint density at radius 1 is 1.19 bits per heavy atom. The molecule has 8 nitrogen and oxygen atoms in total. The van der Waals surface area contributed by atoms with Gasteiger partial charge >= 0.3 is 0 Å². The molecule has 1 saturated heterocycles. The Morgan fingerprint density at radius 2 is 2.04 bits per heavy atom. The number of anilines is 1. The molecule has 1 fully saturated rings. The third kappa shape index (κ3) is 2.95. The molecule has 136 valence electrons. The Kier molecular flexibility index (Phi) is 3.86. The van der Waals surface area contributed by atoms with Crippen molar-refractivity contribution in [1.29, 1.82) is 0 Å². The van der Waals surface area contributed by atoms with E-state index in [9.17, 15) is 19.2 Å². The summed E-state index contributed by atoms with van der Waals surface area (Å²) in [7, 11) is 0. The maximum Gasteiger partial charge on any atom is 0.264 e. The monoisotopic (exact) mass is 365 g/mol. The molecule has 0 aliphatic carbocycles. The van der Waals surface area contributed by atoms with E-state index in [1.165, 1.54) is 12.3 Å². The smallest absolute Gasteiger partial charge is 0.264 e. The molecule has 1 aromatic heterocycles. The zero-order valence-electron chi connectivity index (χ0n) is 15.2. The Balaban J connectivity index is 1.61. The van der Waals surface area contributed by atoms with Crippen LogP contribution in [0.3, 0.4) is 0 Å². The van der Waals surface area contributed by atoms with E-state index in [1.807, 2.05) is 0 Å². The molecule has 0 saturated carbocycles. The van der Waals surface area contributed by atoms with E-state index >= 15 is 0 Å². The SMILES string of the molecule is [2H]c1ccnc(CNc2cccc3c2C(=O)N(C2CCC(=O)NC2=O)C3=O)c1. The Hall–Kier alpha value is -3.55. The van der Waals surface area contributed by atoms with Gasteiger partial charge in [0.2, 0.25) is 11.8 Å². The third-order valence-electron chi connectivity index (χ3n) is 4.59. The number of benzene rings is 1. The number of piperidine rings is 1. The molecule has 1 aromatic carbocycles. The number of hydrogen-bond donors (Lipinski definition) is 2. The van der Waals surface area contributed by atoms with Gasteiger partial charge in [0.15, 0.2) is 0 Å². The van der Waals surface area contributed by atoms with Crippen LogP contribution >= 0.6 is 0 Å². The van der Waals surface area contributed by atoms with E-state index in [1.54, 1.807) is 24.3 Å². The number of rotatable bonds is 4. The first-order chi connectivity index (χ1) is 13.5. The molecule has 1 unspecified atom stereocenters. The molecule has 8 heteroatoms. The lowest BCUT2D eigenvalue weighted by Gasteiger charge is -2.27. The van der Waals surface area contributed by atoms with Crippen LogP contribution in [0.4, 0.5) is 5.69 Å². The minimum absolute atomic E-state index is 0.0735. The predicted molar refractivity (Wildman–Crippen MR) is 94.7 cm³/mol. The van der Waals surface area contributed by atoms with Gasteiger partial charge in [-0.2, -0.15) is 0 Å². The van der Waals surface area contributed by atoms with Gasteiger partial charge in [-0.25, -0.2) is 0 Å².